The van der Waals surface area contributed by atoms with Crippen LogP contribution in [-0.2, 0) is 4.74 Å². The van der Waals surface area contributed by atoms with Gasteiger partial charge in [-0.2, -0.15) is 0 Å². The van der Waals surface area contributed by atoms with E-state index in [2.05, 4.69) is 22.2 Å². The Morgan fingerprint density at radius 1 is 1.44 bits per heavy atom. The molecule has 0 aliphatic carbocycles. The van der Waals surface area contributed by atoms with Crippen LogP contribution in [0.4, 0.5) is 5.82 Å². The third-order valence-electron chi connectivity index (χ3n) is 2.89. The monoisotopic (exact) mass is 251 g/mol. The molecule has 0 spiro atoms. The largest absolute Gasteiger partial charge is 0.475 e. The zero-order valence-corrected chi connectivity index (χ0v) is 10.9. The van der Waals surface area contributed by atoms with Crippen molar-refractivity contribution in [1.82, 2.24) is 9.97 Å². The van der Waals surface area contributed by atoms with Gasteiger partial charge in [-0.25, -0.2) is 9.97 Å². The summed E-state index contributed by atoms with van der Waals surface area (Å²) in [6, 6.07) is 1.83. The Balaban J connectivity index is 1.80. The van der Waals surface area contributed by atoms with Crippen molar-refractivity contribution in [3.63, 3.8) is 0 Å². The Morgan fingerprint density at radius 3 is 3.17 bits per heavy atom. The molecule has 100 valence electrons. The highest BCUT2D eigenvalue weighted by atomic mass is 16.5. The van der Waals surface area contributed by atoms with Gasteiger partial charge in [0.05, 0.1) is 6.10 Å². The molecule has 1 aliphatic rings. The Hall–Kier alpha value is -1.36. The lowest BCUT2D eigenvalue weighted by Crippen LogP contribution is -2.26. The fraction of sp³-hybridized carbons (Fsp3) is 0.692. The minimum Gasteiger partial charge on any atom is -0.475 e. The summed E-state index contributed by atoms with van der Waals surface area (Å²) in [6.45, 7) is 4.44. The van der Waals surface area contributed by atoms with E-state index in [1.54, 1.807) is 0 Å². The molecule has 0 amide bonds. The first-order valence-electron chi connectivity index (χ1n) is 6.69. The van der Waals surface area contributed by atoms with E-state index < -0.39 is 0 Å². The van der Waals surface area contributed by atoms with E-state index in [9.17, 15) is 0 Å². The van der Waals surface area contributed by atoms with E-state index in [1.807, 2.05) is 6.07 Å². The molecule has 18 heavy (non-hydrogen) atoms. The summed E-state index contributed by atoms with van der Waals surface area (Å²) in [5.74, 6) is 1.42. The molecule has 0 saturated carbocycles. The van der Waals surface area contributed by atoms with Gasteiger partial charge < -0.3 is 14.8 Å². The smallest absolute Gasteiger partial charge is 0.218 e. The Labute approximate surface area is 108 Å². The molecule has 0 aromatic carbocycles. The predicted octanol–water partition coefficient (Wildman–Crippen LogP) is 2.25. The lowest BCUT2D eigenvalue weighted by Gasteiger charge is -2.22. The average Bonchev–Trinajstić information content (AvgIpc) is 2.44. The van der Waals surface area contributed by atoms with Crippen LogP contribution < -0.4 is 10.1 Å². The molecule has 1 saturated heterocycles. The third kappa shape index (κ3) is 4.14. The molecule has 5 nitrogen and oxygen atoms in total. The Morgan fingerprint density at radius 2 is 2.39 bits per heavy atom. The second-order valence-corrected chi connectivity index (χ2v) is 4.47. The zero-order chi connectivity index (χ0) is 12.6. The lowest BCUT2D eigenvalue weighted by atomic mass is 10.1. The second kappa shape index (κ2) is 7.16. The molecule has 1 atom stereocenters. The number of aromatic nitrogens is 2. The van der Waals surface area contributed by atoms with E-state index in [4.69, 9.17) is 9.47 Å². The first-order valence-corrected chi connectivity index (χ1v) is 6.69. The Bertz CT molecular complexity index is 354. The van der Waals surface area contributed by atoms with E-state index in [0.29, 0.717) is 12.5 Å². The molecule has 0 radical (unpaired) electrons. The molecule has 2 heterocycles. The maximum absolute atomic E-state index is 5.65. The predicted molar refractivity (Wildman–Crippen MR) is 69.9 cm³/mol. The number of nitrogens with zero attached hydrogens (tertiary/aromatic N) is 2. The summed E-state index contributed by atoms with van der Waals surface area (Å²) in [7, 11) is 0. The van der Waals surface area contributed by atoms with Crippen LogP contribution in [0.15, 0.2) is 12.4 Å². The first kappa shape index (κ1) is 13.1. The number of anilines is 1. The SMILES string of the molecule is CCCNc1cc(OCC2CCCCO2)ncn1. The molecule has 0 bridgehead atoms. The number of hydrogen-bond acceptors (Lipinski definition) is 5. The van der Waals surface area contributed by atoms with Gasteiger partial charge in [-0.1, -0.05) is 6.92 Å². The summed E-state index contributed by atoms with van der Waals surface area (Å²) in [4.78, 5) is 8.24. The van der Waals surface area contributed by atoms with Crippen molar-refractivity contribution < 1.29 is 9.47 Å². The van der Waals surface area contributed by atoms with Crippen molar-refractivity contribution >= 4 is 5.82 Å². The molecule has 1 unspecified atom stereocenters. The normalized spacial score (nSPS) is 19.5. The fourth-order valence-corrected chi connectivity index (χ4v) is 1.89. The van der Waals surface area contributed by atoms with Gasteiger partial charge in [0.1, 0.15) is 18.8 Å². The second-order valence-electron chi connectivity index (χ2n) is 4.47. The standard InChI is InChI=1S/C13H21N3O2/c1-2-6-14-12-8-13(16-10-15-12)18-9-11-5-3-4-7-17-11/h8,10-11H,2-7,9H2,1H3,(H,14,15,16). The first-order chi connectivity index (χ1) is 8.88. The fourth-order valence-electron chi connectivity index (χ4n) is 1.89. The molecule has 5 heteroatoms. The maximum Gasteiger partial charge on any atom is 0.218 e. The van der Waals surface area contributed by atoms with Crippen LogP contribution in [-0.4, -0.2) is 35.8 Å². The highest BCUT2D eigenvalue weighted by molar-refractivity contribution is 5.36. The number of ether oxygens (including phenoxy) is 2. The van der Waals surface area contributed by atoms with Crippen molar-refractivity contribution in [2.45, 2.75) is 38.7 Å². The van der Waals surface area contributed by atoms with Gasteiger partial charge >= 0.3 is 0 Å². The van der Waals surface area contributed by atoms with Crippen LogP contribution in [0.3, 0.4) is 0 Å². The lowest BCUT2D eigenvalue weighted by molar-refractivity contribution is -0.0119. The number of rotatable bonds is 6. The average molecular weight is 251 g/mol. The molecule has 2 rings (SSSR count). The molecule has 1 aliphatic heterocycles. The summed E-state index contributed by atoms with van der Waals surface area (Å²) in [5, 5.41) is 3.21. The van der Waals surface area contributed by atoms with Gasteiger partial charge in [0.25, 0.3) is 0 Å². The van der Waals surface area contributed by atoms with Gasteiger partial charge in [-0.15, -0.1) is 0 Å². The van der Waals surface area contributed by atoms with Crippen molar-refractivity contribution in [2.75, 3.05) is 25.1 Å². The van der Waals surface area contributed by atoms with Crippen molar-refractivity contribution in [3.8, 4) is 5.88 Å². The van der Waals surface area contributed by atoms with Crippen LogP contribution in [0.5, 0.6) is 5.88 Å². The summed E-state index contributed by atoms with van der Waals surface area (Å²) < 4.78 is 11.3. The minimum atomic E-state index is 0.209. The third-order valence-corrected chi connectivity index (χ3v) is 2.89. The van der Waals surface area contributed by atoms with Crippen LogP contribution in [0.2, 0.25) is 0 Å². The minimum absolute atomic E-state index is 0.209. The highest BCUT2D eigenvalue weighted by Crippen LogP contribution is 2.15. The van der Waals surface area contributed by atoms with Gasteiger partial charge in [-0.3, -0.25) is 0 Å². The number of hydrogen-bond donors (Lipinski definition) is 1. The molecule has 1 N–H and O–H groups in total. The number of nitrogens with one attached hydrogen (secondary N) is 1. The van der Waals surface area contributed by atoms with Gasteiger partial charge in [-0.05, 0) is 25.7 Å². The molecule has 1 aromatic rings. The topological polar surface area (TPSA) is 56.3 Å². The van der Waals surface area contributed by atoms with Crippen LogP contribution in [0.1, 0.15) is 32.6 Å². The maximum atomic E-state index is 5.65. The van der Waals surface area contributed by atoms with Crippen molar-refractivity contribution in [2.24, 2.45) is 0 Å². The molecular weight excluding hydrogens is 230 g/mol. The van der Waals surface area contributed by atoms with Crippen LogP contribution >= 0.6 is 0 Å². The van der Waals surface area contributed by atoms with E-state index in [-0.39, 0.29) is 6.10 Å². The van der Waals surface area contributed by atoms with Gasteiger partial charge in [0.2, 0.25) is 5.88 Å². The molecule has 1 fully saturated rings. The Kier molecular flexibility index (Phi) is 5.20. The summed E-state index contributed by atoms with van der Waals surface area (Å²) in [5.41, 5.74) is 0. The zero-order valence-electron chi connectivity index (χ0n) is 10.9. The van der Waals surface area contributed by atoms with Gasteiger partial charge in [0.15, 0.2) is 0 Å². The quantitative estimate of drug-likeness (QED) is 0.840. The van der Waals surface area contributed by atoms with Crippen molar-refractivity contribution in [3.05, 3.63) is 12.4 Å². The van der Waals surface area contributed by atoms with Crippen LogP contribution in [0.25, 0.3) is 0 Å². The van der Waals surface area contributed by atoms with E-state index >= 15 is 0 Å². The van der Waals surface area contributed by atoms with Crippen LogP contribution in [0, 0.1) is 0 Å². The van der Waals surface area contributed by atoms with Gasteiger partial charge in [0, 0.05) is 19.2 Å². The van der Waals surface area contributed by atoms with Crippen molar-refractivity contribution in [1.29, 1.82) is 0 Å². The van der Waals surface area contributed by atoms with E-state index in [0.717, 1.165) is 38.2 Å². The summed E-state index contributed by atoms with van der Waals surface area (Å²) in [6.07, 6.45) is 6.26. The summed E-state index contributed by atoms with van der Waals surface area (Å²) >= 11 is 0. The van der Waals surface area contributed by atoms with E-state index in [1.165, 1.54) is 12.7 Å². The molecule has 1 aromatic heterocycles. The molecular formula is C13H21N3O2. The highest BCUT2D eigenvalue weighted by Gasteiger charge is 2.14.